The Hall–Kier alpha value is -1.32. The Balaban J connectivity index is 2.57. The Morgan fingerprint density at radius 1 is 1.41 bits per heavy atom. The zero-order valence-corrected chi connectivity index (χ0v) is 14.4. The van der Waals surface area contributed by atoms with Gasteiger partial charge in [-0.05, 0) is 54.1 Å². The molecule has 126 valence electrons. The second kappa shape index (κ2) is 7.30. The van der Waals surface area contributed by atoms with E-state index in [0.717, 1.165) is 0 Å². The van der Waals surface area contributed by atoms with Crippen LogP contribution in [0, 0.1) is 16.7 Å². The molecule has 1 heterocycles. The predicted molar refractivity (Wildman–Crippen MR) is 84.3 cm³/mol. The van der Waals surface area contributed by atoms with Crippen LogP contribution in [-0.2, 0) is 4.74 Å². The van der Waals surface area contributed by atoms with Crippen LogP contribution in [0.3, 0.4) is 0 Å². The molecular weight excluding hydrogens is 282 g/mol. The van der Waals surface area contributed by atoms with Crippen molar-refractivity contribution in [2.24, 2.45) is 5.41 Å². The highest BCUT2D eigenvalue weighted by Crippen LogP contribution is 2.36. The van der Waals surface area contributed by atoms with Crippen LogP contribution in [0.1, 0.15) is 40.0 Å². The summed E-state index contributed by atoms with van der Waals surface area (Å²) in [5, 5.41) is 19.6. The molecule has 22 heavy (non-hydrogen) atoms. The summed E-state index contributed by atoms with van der Waals surface area (Å²) >= 11 is 0. The second-order valence-electron chi connectivity index (χ2n) is 7.48. The van der Waals surface area contributed by atoms with Gasteiger partial charge in [-0.1, -0.05) is 0 Å². The second-order valence-corrected chi connectivity index (χ2v) is 7.48. The van der Waals surface area contributed by atoms with E-state index in [4.69, 9.17) is 4.74 Å². The number of ether oxygens (including phenoxy) is 1. The van der Waals surface area contributed by atoms with E-state index in [1.54, 1.807) is 4.90 Å². The van der Waals surface area contributed by atoms with E-state index in [9.17, 15) is 15.2 Å². The minimum atomic E-state index is -0.548. The minimum Gasteiger partial charge on any atom is -0.444 e. The normalized spacial score (nSPS) is 19.6. The fraction of sp³-hybridized carbons (Fsp3) is 0.875. The molecule has 0 aromatic carbocycles. The first-order chi connectivity index (χ1) is 10.1. The lowest BCUT2D eigenvalue weighted by Crippen LogP contribution is -2.46. The maximum Gasteiger partial charge on any atom is 0.410 e. The molecular formula is C16H29N3O3. The summed E-state index contributed by atoms with van der Waals surface area (Å²) in [5.41, 5.74) is -1.06. The quantitative estimate of drug-likeness (QED) is 0.857. The van der Waals surface area contributed by atoms with Crippen LogP contribution in [-0.4, -0.2) is 66.4 Å². The summed E-state index contributed by atoms with van der Waals surface area (Å²) in [5.74, 6) is 0. The third-order valence-corrected chi connectivity index (χ3v) is 3.81. The molecule has 0 aliphatic carbocycles. The predicted octanol–water partition coefficient (Wildman–Crippen LogP) is 1.84. The van der Waals surface area contributed by atoms with E-state index < -0.39 is 17.1 Å². The van der Waals surface area contributed by atoms with E-state index in [0.29, 0.717) is 38.9 Å². The molecule has 0 aromatic heterocycles. The van der Waals surface area contributed by atoms with Crippen molar-refractivity contribution >= 4 is 6.09 Å². The van der Waals surface area contributed by atoms with Gasteiger partial charge in [0.1, 0.15) is 5.60 Å². The lowest BCUT2D eigenvalue weighted by molar-refractivity contribution is 0.00890. The molecule has 0 aromatic rings. The zero-order valence-electron chi connectivity index (χ0n) is 14.4. The number of aliphatic hydroxyl groups excluding tert-OH is 1. The van der Waals surface area contributed by atoms with Crippen LogP contribution in [0.15, 0.2) is 0 Å². The van der Waals surface area contributed by atoms with Crippen LogP contribution in [0.2, 0.25) is 0 Å². The van der Waals surface area contributed by atoms with E-state index in [1.165, 1.54) is 0 Å². The Morgan fingerprint density at radius 3 is 2.36 bits per heavy atom. The van der Waals surface area contributed by atoms with E-state index in [-0.39, 0.29) is 6.09 Å². The van der Waals surface area contributed by atoms with Crippen LogP contribution in [0.25, 0.3) is 0 Å². The van der Waals surface area contributed by atoms with Gasteiger partial charge in [-0.2, -0.15) is 5.26 Å². The molecule has 1 aliphatic heterocycles. The van der Waals surface area contributed by atoms with Crippen molar-refractivity contribution in [3.8, 4) is 6.07 Å². The van der Waals surface area contributed by atoms with Gasteiger partial charge in [0.2, 0.25) is 0 Å². The molecule has 6 nitrogen and oxygen atoms in total. The molecule has 0 spiro atoms. The number of nitrogens with zero attached hydrogens (tertiary/aromatic N) is 3. The van der Waals surface area contributed by atoms with Gasteiger partial charge in [0.05, 0.1) is 17.6 Å². The molecule has 1 fully saturated rings. The lowest BCUT2D eigenvalue weighted by Gasteiger charge is -2.38. The highest BCUT2D eigenvalue weighted by Gasteiger charge is 2.38. The summed E-state index contributed by atoms with van der Waals surface area (Å²) in [6, 6.07) is 2.37. The molecule has 6 heteroatoms. The fourth-order valence-corrected chi connectivity index (χ4v) is 2.74. The van der Waals surface area contributed by atoms with E-state index >= 15 is 0 Å². The first-order valence-corrected chi connectivity index (χ1v) is 7.79. The maximum atomic E-state index is 12.0. The highest BCUT2D eigenvalue weighted by molar-refractivity contribution is 5.68. The molecule has 1 unspecified atom stereocenters. The number of amides is 1. The smallest absolute Gasteiger partial charge is 0.410 e. The summed E-state index contributed by atoms with van der Waals surface area (Å²) in [4.78, 5) is 15.6. The SMILES string of the molecule is CN(C)CC(O)CC1(C#N)CCN(C(=O)OC(C)(C)C)CC1. The van der Waals surface area contributed by atoms with Gasteiger partial charge >= 0.3 is 6.09 Å². The van der Waals surface area contributed by atoms with Crippen molar-refractivity contribution in [2.75, 3.05) is 33.7 Å². The molecule has 1 amide bonds. The van der Waals surface area contributed by atoms with E-state index in [2.05, 4.69) is 6.07 Å². The lowest BCUT2D eigenvalue weighted by atomic mass is 9.75. The summed E-state index contributed by atoms with van der Waals surface area (Å²) in [6.45, 7) is 7.05. The summed E-state index contributed by atoms with van der Waals surface area (Å²) in [7, 11) is 3.79. The number of hydrogen-bond acceptors (Lipinski definition) is 5. The Labute approximate surface area is 133 Å². The molecule has 1 atom stereocenters. The largest absolute Gasteiger partial charge is 0.444 e. The number of carbonyl (C=O) groups is 1. The minimum absolute atomic E-state index is 0.326. The van der Waals surface area contributed by atoms with Crippen molar-refractivity contribution < 1.29 is 14.6 Å². The average molecular weight is 311 g/mol. The average Bonchev–Trinajstić information content (AvgIpc) is 2.36. The van der Waals surface area contributed by atoms with Crippen molar-refractivity contribution in [1.82, 2.24) is 9.80 Å². The number of rotatable bonds is 4. The number of likely N-dealkylation sites (N-methyl/N-ethyl adjacent to an activating group) is 1. The number of nitriles is 1. The van der Waals surface area contributed by atoms with Crippen molar-refractivity contribution in [3.05, 3.63) is 0 Å². The van der Waals surface area contributed by atoms with Gasteiger partial charge in [0.15, 0.2) is 0 Å². The topological polar surface area (TPSA) is 76.8 Å². The van der Waals surface area contributed by atoms with Crippen molar-refractivity contribution in [2.45, 2.75) is 51.7 Å². The van der Waals surface area contributed by atoms with Gasteiger partial charge in [-0.15, -0.1) is 0 Å². The van der Waals surface area contributed by atoms with Crippen LogP contribution < -0.4 is 0 Å². The number of hydrogen-bond donors (Lipinski definition) is 1. The van der Waals surface area contributed by atoms with Gasteiger partial charge in [-0.25, -0.2) is 4.79 Å². The molecule has 1 aliphatic rings. The zero-order chi connectivity index (χ0) is 17.0. The van der Waals surface area contributed by atoms with Gasteiger partial charge in [0, 0.05) is 19.6 Å². The Kier molecular flexibility index (Phi) is 6.21. The molecule has 1 rings (SSSR count). The van der Waals surface area contributed by atoms with Gasteiger partial charge in [0.25, 0.3) is 0 Å². The molecule has 0 radical (unpaired) electrons. The third kappa shape index (κ3) is 5.82. The van der Waals surface area contributed by atoms with Gasteiger partial charge in [-0.3, -0.25) is 0 Å². The van der Waals surface area contributed by atoms with E-state index in [1.807, 2.05) is 39.8 Å². The summed E-state index contributed by atoms with van der Waals surface area (Å²) < 4.78 is 5.36. The van der Waals surface area contributed by atoms with Gasteiger partial charge < -0.3 is 19.6 Å². The standard InChI is InChI=1S/C16H29N3O3/c1-15(2,3)22-14(21)19-8-6-16(12-17,7-9-19)10-13(20)11-18(4)5/h13,20H,6-11H2,1-5H3. The molecule has 0 saturated carbocycles. The number of aliphatic hydroxyl groups is 1. The third-order valence-electron chi connectivity index (χ3n) is 3.81. The maximum absolute atomic E-state index is 12.0. The van der Waals surface area contributed by atoms with Crippen molar-refractivity contribution in [3.63, 3.8) is 0 Å². The van der Waals surface area contributed by atoms with Crippen LogP contribution >= 0.6 is 0 Å². The van der Waals surface area contributed by atoms with Crippen molar-refractivity contribution in [1.29, 1.82) is 5.26 Å². The van der Waals surface area contributed by atoms with Crippen LogP contribution in [0.4, 0.5) is 4.79 Å². The molecule has 1 saturated heterocycles. The fourth-order valence-electron chi connectivity index (χ4n) is 2.74. The number of piperidine rings is 1. The first-order valence-electron chi connectivity index (χ1n) is 7.79. The molecule has 1 N–H and O–H groups in total. The number of carbonyl (C=O) groups excluding carboxylic acids is 1. The highest BCUT2D eigenvalue weighted by atomic mass is 16.6. The molecule has 0 bridgehead atoms. The van der Waals surface area contributed by atoms with Crippen LogP contribution in [0.5, 0.6) is 0 Å². The number of likely N-dealkylation sites (tertiary alicyclic amines) is 1. The summed E-state index contributed by atoms with van der Waals surface area (Å²) in [6.07, 6.45) is 0.750. The first kappa shape index (κ1) is 18.7. The Morgan fingerprint density at radius 2 is 1.95 bits per heavy atom. The monoisotopic (exact) mass is 311 g/mol. The Bertz CT molecular complexity index is 415.